The summed E-state index contributed by atoms with van der Waals surface area (Å²) < 4.78 is 41.3. The lowest BCUT2D eigenvalue weighted by atomic mass is 10.1. The summed E-state index contributed by atoms with van der Waals surface area (Å²) in [6.07, 6.45) is -2.14. The second-order valence-electron chi connectivity index (χ2n) is 5.80. The van der Waals surface area contributed by atoms with Crippen LogP contribution < -0.4 is 5.32 Å². The highest BCUT2D eigenvalue weighted by Gasteiger charge is 2.33. The summed E-state index contributed by atoms with van der Waals surface area (Å²) in [6, 6.07) is 11.6. The number of benzene rings is 1. The van der Waals surface area contributed by atoms with Gasteiger partial charge < -0.3 is 5.32 Å². The second-order valence-corrected chi connectivity index (χ2v) is 5.80. The molecule has 0 aliphatic heterocycles. The van der Waals surface area contributed by atoms with Crippen LogP contribution in [0.25, 0.3) is 11.3 Å². The first-order valence-corrected chi connectivity index (χ1v) is 8.17. The molecule has 5 nitrogen and oxygen atoms in total. The van der Waals surface area contributed by atoms with Crippen molar-refractivity contribution in [2.24, 2.45) is 0 Å². The summed E-state index contributed by atoms with van der Waals surface area (Å²) in [6.45, 7) is 3.05. The molecule has 0 aliphatic carbocycles. The van der Waals surface area contributed by atoms with Crippen molar-refractivity contribution >= 4 is 5.95 Å². The van der Waals surface area contributed by atoms with E-state index in [0.717, 1.165) is 11.8 Å². The van der Waals surface area contributed by atoms with Gasteiger partial charge in [0.15, 0.2) is 5.69 Å². The van der Waals surface area contributed by atoms with Gasteiger partial charge in [-0.25, -0.2) is 9.97 Å². The summed E-state index contributed by atoms with van der Waals surface area (Å²) in [5, 5.41) is 7.06. The average Bonchev–Trinajstić information content (AvgIpc) is 3.03. The summed E-state index contributed by atoms with van der Waals surface area (Å²) in [7, 11) is 0. The Balaban J connectivity index is 1.74. The van der Waals surface area contributed by atoms with E-state index >= 15 is 0 Å². The molecule has 8 heteroatoms. The molecule has 0 fully saturated rings. The van der Waals surface area contributed by atoms with E-state index in [-0.39, 0.29) is 11.6 Å². The summed E-state index contributed by atoms with van der Waals surface area (Å²) in [5.41, 5.74) is 0.914. The number of aryl methyl sites for hydroxylation is 2. The van der Waals surface area contributed by atoms with Gasteiger partial charge in [-0.05, 0) is 25.5 Å². The van der Waals surface area contributed by atoms with E-state index in [1.807, 2.05) is 17.7 Å². The Morgan fingerprint density at radius 1 is 1.08 bits per heavy atom. The molecule has 0 saturated heterocycles. The molecule has 2 aromatic heterocycles. The van der Waals surface area contributed by atoms with Crippen molar-refractivity contribution in [1.29, 1.82) is 0 Å². The van der Waals surface area contributed by atoms with E-state index in [1.54, 1.807) is 36.5 Å². The third-order valence-corrected chi connectivity index (χ3v) is 3.84. The number of aromatic nitrogens is 4. The van der Waals surface area contributed by atoms with Gasteiger partial charge in [0.25, 0.3) is 0 Å². The van der Waals surface area contributed by atoms with Crippen LogP contribution >= 0.6 is 0 Å². The lowest BCUT2D eigenvalue weighted by molar-refractivity contribution is -0.141. The van der Waals surface area contributed by atoms with E-state index in [4.69, 9.17) is 0 Å². The number of halogens is 3. The number of alkyl halides is 3. The standard InChI is InChI=1S/C18H18F3N5/c1-13-8-10-23-26(13)11-5-9-22-17-24-15(14-6-3-2-4-7-14)12-16(25-17)18(19,20)21/h2-4,6-8,10,12H,5,9,11H2,1H3,(H,22,24,25). The highest BCUT2D eigenvalue weighted by atomic mass is 19.4. The Labute approximate surface area is 148 Å². The van der Waals surface area contributed by atoms with Gasteiger partial charge in [0.05, 0.1) is 5.69 Å². The third kappa shape index (κ3) is 4.38. The van der Waals surface area contributed by atoms with Gasteiger partial charge in [-0.15, -0.1) is 0 Å². The number of nitrogens with zero attached hydrogens (tertiary/aromatic N) is 4. The average molecular weight is 361 g/mol. The van der Waals surface area contributed by atoms with E-state index in [2.05, 4.69) is 20.4 Å². The lowest BCUT2D eigenvalue weighted by Crippen LogP contribution is -2.14. The molecule has 0 spiro atoms. The number of hydrogen-bond donors (Lipinski definition) is 1. The molecule has 136 valence electrons. The molecule has 0 aliphatic rings. The molecule has 0 saturated carbocycles. The molecule has 2 heterocycles. The van der Waals surface area contributed by atoms with Crippen molar-refractivity contribution in [1.82, 2.24) is 19.7 Å². The van der Waals surface area contributed by atoms with Crippen molar-refractivity contribution in [3.05, 3.63) is 60.0 Å². The fourth-order valence-electron chi connectivity index (χ4n) is 2.49. The zero-order valence-corrected chi connectivity index (χ0v) is 14.2. The Bertz CT molecular complexity index is 859. The molecule has 1 N–H and O–H groups in total. The van der Waals surface area contributed by atoms with Crippen LogP contribution in [0.2, 0.25) is 0 Å². The highest BCUT2D eigenvalue weighted by molar-refractivity contribution is 5.60. The minimum atomic E-state index is -4.53. The maximum atomic E-state index is 13.2. The second kappa shape index (κ2) is 7.55. The molecule has 0 unspecified atom stereocenters. The van der Waals surface area contributed by atoms with Crippen LogP contribution in [0.1, 0.15) is 17.8 Å². The van der Waals surface area contributed by atoms with Crippen LogP contribution in [-0.2, 0) is 12.7 Å². The quantitative estimate of drug-likeness (QED) is 0.670. The van der Waals surface area contributed by atoms with Gasteiger partial charge >= 0.3 is 6.18 Å². The largest absolute Gasteiger partial charge is 0.433 e. The maximum absolute atomic E-state index is 13.2. The molecule has 26 heavy (non-hydrogen) atoms. The van der Waals surface area contributed by atoms with Crippen LogP contribution in [-0.4, -0.2) is 26.3 Å². The van der Waals surface area contributed by atoms with E-state index in [0.29, 0.717) is 25.1 Å². The van der Waals surface area contributed by atoms with Gasteiger partial charge in [-0.3, -0.25) is 4.68 Å². The van der Waals surface area contributed by atoms with E-state index in [1.165, 1.54) is 0 Å². The minimum absolute atomic E-state index is 0.0316. The first-order chi connectivity index (χ1) is 12.4. The Hall–Kier alpha value is -2.90. The van der Waals surface area contributed by atoms with Gasteiger partial charge in [0.1, 0.15) is 0 Å². The highest BCUT2D eigenvalue weighted by Crippen LogP contribution is 2.31. The van der Waals surface area contributed by atoms with Gasteiger partial charge in [0.2, 0.25) is 5.95 Å². The van der Waals surface area contributed by atoms with Gasteiger partial charge in [-0.1, -0.05) is 30.3 Å². The Morgan fingerprint density at radius 2 is 1.85 bits per heavy atom. The summed E-state index contributed by atoms with van der Waals surface area (Å²) in [5.74, 6) is -0.0316. The van der Waals surface area contributed by atoms with Gasteiger partial charge in [0, 0.05) is 30.5 Å². The maximum Gasteiger partial charge on any atom is 0.433 e. The topological polar surface area (TPSA) is 55.6 Å². The first kappa shape index (κ1) is 17.9. The van der Waals surface area contributed by atoms with Crippen LogP contribution in [0.3, 0.4) is 0 Å². The Kier molecular flexibility index (Phi) is 5.20. The minimum Gasteiger partial charge on any atom is -0.354 e. The van der Waals surface area contributed by atoms with Crippen molar-refractivity contribution in [2.45, 2.75) is 26.1 Å². The van der Waals surface area contributed by atoms with Crippen LogP contribution in [0.5, 0.6) is 0 Å². The predicted octanol–water partition coefficient (Wildman–Crippen LogP) is 4.17. The zero-order valence-electron chi connectivity index (χ0n) is 14.2. The summed E-state index contributed by atoms with van der Waals surface area (Å²) >= 11 is 0. The van der Waals surface area contributed by atoms with Crippen molar-refractivity contribution < 1.29 is 13.2 Å². The van der Waals surface area contributed by atoms with Crippen molar-refractivity contribution in [2.75, 3.05) is 11.9 Å². The SMILES string of the molecule is Cc1ccnn1CCCNc1nc(-c2ccccc2)cc(C(F)(F)F)n1. The molecule has 3 aromatic rings. The van der Waals surface area contributed by atoms with E-state index in [9.17, 15) is 13.2 Å². The molecule has 0 atom stereocenters. The monoisotopic (exact) mass is 361 g/mol. The molecular formula is C18H18F3N5. The number of anilines is 1. The van der Waals surface area contributed by atoms with Crippen LogP contribution in [0.4, 0.5) is 19.1 Å². The third-order valence-electron chi connectivity index (χ3n) is 3.84. The van der Waals surface area contributed by atoms with Crippen molar-refractivity contribution in [3.8, 4) is 11.3 Å². The van der Waals surface area contributed by atoms with E-state index < -0.39 is 11.9 Å². The van der Waals surface area contributed by atoms with Gasteiger partial charge in [-0.2, -0.15) is 18.3 Å². The molecular weight excluding hydrogens is 343 g/mol. The fraction of sp³-hybridized carbons (Fsp3) is 0.278. The molecule has 1 aromatic carbocycles. The van der Waals surface area contributed by atoms with Crippen LogP contribution in [0.15, 0.2) is 48.7 Å². The number of nitrogens with one attached hydrogen (secondary N) is 1. The fourth-order valence-corrected chi connectivity index (χ4v) is 2.49. The van der Waals surface area contributed by atoms with Crippen LogP contribution in [0, 0.1) is 6.92 Å². The number of hydrogen-bond acceptors (Lipinski definition) is 4. The normalized spacial score (nSPS) is 11.5. The molecule has 0 bridgehead atoms. The predicted molar refractivity (Wildman–Crippen MR) is 92.5 cm³/mol. The number of rotatable bonds is 6. The Morgan fingerprint density at radius 3 is 2.50 bits per heavy atom. The molecule has 0 amide bonds. The molecule has 0 radical (unpaired) electrons. The zero-order chi connectivity index (χ0) is 18.6. The smallest absolute Gasteiger partial charge is 0.354 e. The lowest BCUT2D eigenvalue weighted by Gasteiger charge is -2.12. The molecule has 3 rings (SSSR count). The first-order valence-electron chi connectivity index (χ1n) is 8.17. The summed E-state index contributed by atoms with van der Waals surface area (Å²) in [4.78, 5) is 7.84. The van der Waals surface area contributed by atoms with Crippen molar-refractivity contribution in [3.63, 3.8) is 0 Å².